The molecule has 5 heteroatoms. The lowest BCUT2D eigenvalue weighted by Crippen LogP contribution is -2.26. The van der Waals surface area contributed by atoms with Gasteiger partial charge in [-0.05, 0) is 30.2 Å². The van der Waals surface area contributed by atoms with E-state index < -0.39 is 0 Å². The first-order valence-electron chi connectivity index (χ1n) is 9.94. The van der Waals surface area contributed by atoms with Crippen LogP contribution in [0.3, 0.4) is 0 Å². The number of fused-ring (bicyclic) bond motifs is 1. The standard InChI is InChI=1S/C25H24N4O/c1-19-9-5-7-13-23(19)26-16-25(30)28-27-15-21-18-29(17-20-10-3-2-4-11-20)24-14-8-6-12-22(21)24/h2-15,18,26H,16-17H2,1H3,(H,28,30)/b27-15-. The third kappa shape index (κ3) is 4.58. The Labute approximate surface area is 176 Å². The number of carbonyl (C=O) groups excluding carboxylic acids is 1. The normalized spacial score (nSPS) is 11.1. The number of nitrogens with zero attached hydrogens (tertiary/aromatic N) is 2. The van der Waals surface area contributed by atoms with Crippen LogP contribution >= 0.6 is 0 Å². The summed E-state index contributed by atoms with van der Waals surface area (Å²) in [6.45, 7) is 2.95. The number of aryl methyl sites for hydroxylation is 1. The van der Waals surface area contributed by atoms with Crippen LogP contribution in [0.2, 0.25) is 0 Å². The fourth-order valence-electron chi connectivity index (χ4n) is 3.45. The van der Waals surface area contributed by atoms with Crippen LogP contribution in [0.15, 0.2) is 90.2 Å². The molecule has 1 amide bonds. The van der Waals surface area contributed by atoms with Crippen molar-refractivity contribution in [1.29, 1.82) is 0 Å². The molecule has 30 heavy (non-hydrogen) atoms. The molecule has 0 saturated carbocycles. The van der Waals surface area contributed by atoms with Gasteiger partial charge < -0.3 is 9.88 Å². The maximum atomic E-state index is 12.1. The summed E-state index contributed by atoms with van der Waals surface area (Å²) in [5.74, 6) is -0.192. The smallest absolute Gasteiger partial charge is 0.259 e. The Balaban J connectivity index is 1.44. The van der Waals surface area contributed by atoms with Crippen LogP contribution in [0.5, 0.6) is 0 Å². The van der Waals surface area contributed by atoms with Gasteiger partial charge in [-0.15, -0.1) is 0 Å². The van der Waals surface area contributed by atoms with Crippen molar-refractivity contribution in [3.8, 4) is 0 Å². The molecule has 4 rings (SSSR count). The topological polar surface area (TPSA) is 58.4 Å². The van der Waals surface area contributed by atoms with E-state index in [1.807, 2.05) is 61.5 Å². The molecule has 3 aromatic carbocycles. The fraction of sp³-hybridized carbons (Fsp3) is 0.120. The number of hydrogen-bond donors (Lipinski definition) is 2. The van der Waals surface area contributed by atoms with Gasteiger partial charge in [-0.2, -0.15) is 5.10 Å². The summed E-state index contributed by atoms with van der Waals surface area (Å²) in [7, 11) is 0. The summed E-state index contributed by atoms with van der Waals surface area (Å²) in [6, 6.07) is 26.4. The van der Waals surface area contributed by atoms with Crippen molar-refractivity contribution in [2.24, 2.45) is 5.10 Å². The van der Waals surface area contributed by atoms with Gasteiger partial charge in [0.1, 0.15) is 0 Å². The minimum absolute atomic E-state index is 0.165. The first-order valence-corrected chi connectivity index (χ1v) is 9.94. The van der Waals surface area contributed by atoms with Gasteiger partial charge in [-0.25, -0.2) is 5.43 Å². The molecule has 0 spiro atoms. The second kappa shape index (κ2) is 9.09. The maximum Gasteiger partial charge on any atom is 0.259 e. The number of hydrogen-bond acceptors (Lipinski definition) is 3. The Morgan fingerprint density at radius 1 is 0.967 bits per heavy atom. The predicted molar refractivity (Wildman–Crippen MR) is 123 cm³/mol. The SMILES string of the molecule is Cc1ccccc1NCC(=O)N/N=C\c1cn(Cc2ccccc2)c2ccccc12. The Morgan fingerprint density at radius 3 is 2.53 bits per heavy atom. The molecule has 0 aliphatic rings. The highest BCUT2D eigenvalue weighted by molar-refractivity contribution is 5.99. The van der Waals surface area contributed by atoms with Crippen molar-refractivity contribution in [2.45, 2.75) is 13.5 Å². The van der Waals surface area contributed by atoms with Gasteiger partial charge in [0.05, 0.1) is 12.8 Å². The molecular formula is C25H24N4O. The van der Waals surface area contributed by atoms with Crippen LogP contribution in [0.4, 0.5) is 5.69 Å². The van der Waals surface area contributed by atoms with Crippen LogP contribution in [0.25, 0.3) is 10.9 Å². The van der Waals surface area contributed by atoms with Gasteiger partial charge in [0.2, 0.25) is 0 Å². The van der Waals surface area contributed by atoms with E-state index in [9.17, 15) is 4.79 Å². The number of hydrazone groups is 1. The van der Waals surface area contributed by atoms with Crippen LogP contribution in [0, 0.1) is 6.92 Å². The van der Waals surface area contributed by atoms with E-state index >= 15 is 0 Å². The fourth-order valence-corrected chi connectivity index (χ4v) is 3.45. The summed E-state index contributed by atoms with van der Waals surface area (Å²) < 4.78 is 2.20. The number of amides is 1. The van der Waals surface area contributed by atoms with Crippen LogP contribution in [-0.2, 0) is 11.3 Å². The third-order valence-electron chi connectivity index (χ3n) is 4.99. The molecule has 4 aromatic rings. The Bertz CT molecular complexity index is 1180. The van der Waals surface area contributed by atoms with E-state index in [0.717, 1.165) is 34.3 Å². The molecule has 0 fully saturated rings. The first kappa shape index (κ1) is 19.5. The molecule has 0 aliphatic heterocycles. The summed E-state index contributed by atoms with van der Waals surface area (Å²) >= 11 is 0. The van der Waals surface area contributed by atoms with E-state index in [2.05, 4.69) is 50.9 Å². The number of rotatable bonds is 7. The zero-order chi connectivity index (χ0) is 20.8. The van der Waals surface area contributed by atoms with Crippen LogP contribution in [0.1, 0.15) is 16.7 Å². The molecule has 1 heterocycles. The highest BCUT2D eigenvalue weighted by atomic mass is 16.2. The van der Waals surface area contributed by atoms with Crippen molar-refractivity contribution in [2.75, 3.05) is 11.9 Å². The van der Waals surface area contributed by atoms with Gasteiger partial charge in [0.15, 0.2) is 0 Å². The van der Waals surface area contributed by atoms with Crippen molar-refractivity contribution < 1.29 is 4.79 Å². The number of carbonyl (C=O) groups is 1. The summed E-state index contributed by atoms with van der Waals surface area (Å²) in [4.78, 5) is 12.1. The molecule has 0 bridgehead atoms. The number of aromatic nitrogens is 1. The summed E-state index contributed by atoms with van der Waals surface area (Å²) in [5, 5.41) is 8.40. The molecule has 0 unspecified atom stereocenters. The quantitative estimate of drug-likeness (QED) is 0.355. The van der Waals surface area contributed by atoms with Crippen molar-refractivity contribution in [3.05, 3.63) is 102 Å². The predicted octanol–water partition coefficient (Wildman–Crippen LogP) is 4.56. The lowest BCUT2D eigenvalue weighted by Gasteiger charge is -2.07. The van der Waals surface area contributed by atoms with E-state index in [1.54, 1.807) is 6.21 Å². The molecule has 1 aromatic heterocycles. The average molecular weight is 396 g/mol. The average Bonchev–Trinajstić information content (AvgIpc) is 3.11. The molecule has 0 aliphatic carbocycles. The number of anilines is 1. The van der Waals surface area contributed by atoms with Crippen LogP contribution in [-0.4, -0.2) is 23.2 Å². The minimum atomic E-state index is -0.192. The lowest BCUT2D eigenvalue weighted by molar-refractivity contribution is -0.119. The number of benzene rings is 3. The molecule has 0 radical (unpaired) electrons. The van der Waals surface area contributed by atoms with Crippen molar-refractivity contribution >= 4 is 28.7 Å². The Morgan fingerprint density at radius 2 is 1.70 bits per heavy atom. The molecule has 2 N–H and O–H groups in total. The van der Waals surface area contributed by atoms with Gasteiger partial charge in [-0.1, -0.05) is 66.7 Å². The van der Waals surface area contributed by atoms with Crippen molar-refractivity contribution in [3.63, 3.8) is 0 Å². The highest BCUT2D eigenvalue weighted by Crippen LogP contribution is 2.21. The Hall–Kier alpha value is -3.86. The monoisotopic (exact) mass is 396 g/mol. The van der Waals surface area contributed by atoms with Gasteiger partial charge >= 0.3 is 0 Å². The van der Waals surface area contributed by atoms with Gasteiger partial charge in [-0.3, -0.25) is 4.79 Å². The highest BCUT2D eigenvalue weighted by Gasteiger charge is 2.07. The summed E-state index contributed by atoms with van der Waals surface area (Å²) in [5.41, 5.74) is 7.98. The van der Waals surface area contributed by atoms with E-state index in [4.69, 9.17) is 0 Å². The second-order valence-electron chi connectivity index (χ2n) is 7.18. The van der Waals surface area contributed by atoms with Crippen LogP contribution < -0.4 is 10.7 Å². The van der Waals surface area contributed by atoms with Gasteiger partial charge in [0, 0.05) is 34.9 Å². The van der Waals surface area contributed by atoms with Crippen molar-refractivity contribution in [1.82, 2.24) is 9.99 Å². The second-order valence-corrected chi connectivity index (χ2v) is 7.18. The molecule has 150 valence electrons. The molecule has 5 nitrogen and oxygen atoms in total. The number of nitrogens with one attached hydrogen (secondary N) is 2. The lowest BCUT2D eigenvalue weighted by atomic mass is 10.2. The molecule has 0 atom stereocenters. The largest absolute Gasteiger partial charge is 0.376 e. The van der Waals surface area contributed by atoms with E-state index in [-0.39, 0.29) is 12.5 Å². The maximum absolute atomic E-state index is 12.1. The summed E-state index contributed by atoms with van der Waals surface area (Å²) in [6.07, 6.45) is 3.77. The van der Waals surface area contributed by atoms with E-state index in [0.29, 0.717) is 0 Å². The molecule has 0 saturated heterocycles. The third-order valence-corrected chi connectivity index (χ3v) is 4.99. The zero-order valence-electron chi connectivity index (χ0n) is 16.9. The zero-order valence-corrected chi connectivity index (χ0v) is 16.9. The first-order chi connectivity index (χ1) is 14.7. The Kier molecular flexibility index (Phi) is 5.90. The minimum Gasteiger partial charge on any atom is -0.376 e. The van der Waals surface area contributed by atoms with E-state index in [1.165, 1.54) is 5.56 Å². The molecular weight excluding hydrogens is 372 g/mol. The van der Waals surface area contributed by atoms with Gasteiger partial charge in [0.25, 0.3) is 5.91 Å². The number of para-hydroxylation sites is 2.